The van der Waals surface area contributed by atoms with Gasteiger partial charge in [-0.3, -0.25) is 0 Å². The van der Waals surface area contributed by atoms with Gasteiger partial charge in [-0.05, 0) is 59.4 Å². The first-order valence-electron chi connectivity index (χ1n) is 9.52. The number of hydrogen-bond donors (Lipinski definition) is 1. The number of carbonyl (C=O) groups excluding carboxylic acids is 1. The number of hydrogen-bond acceptors (Lipinski definition) is 3. The molecule has 1 fully saturated rings. The molecular formula is C21H40N2O2. The van der Waals surface area contributed by atoms with E-state index in [2.05, 4.69) is 6.58 Å². The Kier molecular flexibility index (Phi) is 17.8. The van der Waals surface area contributed by atoms with E-state index in [-0.39, 0.29) is 12.2 Å². The zero-order chi connectivity index (χ0) is 19.7. The molecule has 0 aromatic carbocycles. The van der Waals surface area contributed by atoms with Crippen LogP contribution in [0.15, 0.2) is 36.5 Å². The summed E-state index contributed by atoms with van der Waals surface area (Å²) in [5.41, 5.74) is 6.64. The topological polar surface area (TPSA) is 55.6 Å². The van der Waals surface area contributed by atoms with E-state index in [0.717, 1.165) is 19.5 Å². The minimum absolute atomic E-state index is 0.0444. The van der Waals surface area contributed by atoms with Crippen LogP contribution < -0.4 is 5.73 Å². The molecule has 25 heavy (non-hydrogen) atoms. The lowest BCUT2D eigenvalue weighted by atomic mass is 10.3. The van der Waals surface area contributed by atoms with E-state index in [1.165, 1.54) is 18.4 Å². The van der Waals surface area contributed by atoms with E-state index in [0.29, 0.717) is 12.5 Å². The van der Waals surface area contributed by atoms with Gasteiger partial charge in [0, 0.05) is 13.1 Å². The van der Waals surface area contributed by atoms with E-state index in [9.17, 15) is 4.79 Å². The minimum Gasteiger partial charge on any atom is -0.447 e. The van der Waals surface area contributed by atoms with Gasteiger partial charge in [-0.2, -0.15) is 0 Å². The average molecular weight is 353 g/mol. The van der Waals surface area contributed by atoms with Crippen LogP contribution in [-0.2, 0) is 4.74 Å². The monoisotopic (exact) mass is 352 g/mol. The van der Waals surface area contributed by atoms with Crippen molar-refractivity contribution in [3.8, 4) is 0 Å². The molecule has 1 rings (SSSR count). The first kappa shape index (κ1) is 25.7. The average Bonchev–Trinajstić information content (AvgIpc) is 3.42. The lowest BCUT2D eigenvalue weighted by Gasteiger charge is -2.23. The van der Waals surface area contributed by atoms with Crippen molar-refractivity contribution in [1.82, 2.24) is 4.90 Å². The molecule has 1 aliphatic carbocycles. The molecule has 0 unspecified atom stereocenters. The molecule has 0 aromatic rings. The fourth-order valence-electron chi connectivity index (χ4n) is 1.74. The van der Waals surface area contributed by atoms with Crippen LogP contribution in [0.4, 0.5) is 4.79 Å². The summed E-state index contributed by atoms with van der Waals surface area (Å²) < 4.78 is 5.18. The highest BCUT2D eigenvalue weighted by Gasteiger charge is 2.27. The fraction of sp³-hybridized carbons (Fsp3) is 0.667. The van der Waals surface area contributed by atoms with Crippen molar-refractivity contribution in [3.05, 3.63) is 36.5 Å². The second kappa shape index (κ2) is 17.3. The van der Waals surface area contributed by atoms with Crippen LogP contribution in [0, 0.1) is 5.92 Å². The molecule has 0 aliphatic heterocycles. The molecule has 0 atom stereocenters. The van der Waals surface area contributed by atoms with Gasteiger partial charge in [0.25, 0.3) is 0 Å². The van der Waals surface area contributed by atoms with E-state index in [1.807, 2.05) is 65.8 Å². The van der Waals surface area contributed by atoms with Crippen molar-refractivity contribution in [2.75, 3.05) is 19.6 Å². The standard InChI is InChI=1S/C11H22N2O2.C8H12.C2H6/c1-9(2)15-11(14)13(7-3-6-12)8-10-4-5-10;1-4-6-7-8(3)5-2;1-2/h9-10H,3-8,12H2,1-2H3;4-7H,2H2,1,3H3;1-2H3/b;6-4-,8-7-;. The molecule has 2 N–H and O–H groups in total. The molecular weight excluding hydrogens is 312 g/mol. The number of nitrogens with two attached hydrogens (primary N) is 1. The van der Waals surface area contributed by atoms with Crippen molar-refractivity contribution < 1.29 is 9.53 Å². The van der Waals surface area contributed by atoms with Crippen LogP contribution in [0.3, 0.4) is 0 Å². The highest BCUT2D eigenvalue weighted by atomic mass is 16.6. The predicted molar refractivity (Wildman–Crippen MR) is 110 cm³/mol. The van der Waals surface area contributed by atoms with Crippen molar-refractivity contribution in [2.45, 2.75) is 66.9 Å². The highest BCUT2D eigenvalue weighted by Crippen LogP contribution is 2.29. The highest BCUT2D eigenvalue weighted by molar-refractivity contribution is 5.67. The minimum atomic E-state index is -0.189. The van der Waals surface area contributed by atoms with Gasteiger partial charge in [0.15, 0.2) is 0 Å². The summed E-state index contributed by atoms with van der Waals surface area (Å²) >= 11 is 0. The van der Waals surface area contributed by atoms with Gasteiger partial charge in [-0.25, -0.2) is 4.79 Å². The Bertz CT molecular complexity index is 397. The summed E-state index contributed by atoms with van der Waals surface area (Å²) in [4.78, 5) is 13.5. The Hall–Kier alpha value is -1.55. The Labute approximate surface area is 155 Å². The summed E-state index contributed by atoms with van der Waals surface area (Å²) in [5.74, 6) is 0.697. The maximum atomic E-state index is 11.7. The predicted octanol–water partition coefficient (Wildman–Crippen LogP) is 5.31. The molecule has 1 amide bonds. The second-order valence-corrected chi connectivity index (χ2v) is 6.10. The SMILES string of the molecule is C=C/C(C)=C\C=C/C.CC.CC(C)OC(=O)N(CCCN)CC1CC1. The molecule has 146 valence electrons. The normalized spacial score (nSPS) is 13.5. The number of carbonyl (C=O) groups is 1. The van der Waals surface area contributed by atoms with Gasteiger partial charge in [0.05, 0.1) is 6.10 Å². The van der Waals surface area contributed by atoms with Crippen LogP contribution in [0.1, 0.15) is 60.8 Å². The maximum Gasteiger partial charge on any atom is 0.410 e. The van der Waals surface area contributed by atoms with Gasteiger partial charge in [-0.1, -0.05) is 50.3 Å². The summed E-state index contributed by atoms with van der Waals surface area (Å²) in [6.07, 6.45) is 10.9. The first-order valence-corrected chi connectivity index (χ1v) is 9.52. The van der Waals surface area contributed by atoms with Gasteiger partial charge < -0.3 is 15.4 Å². The summed E-state index contributed by atoms with van der Waals surface area (Å²) in [6.45, 7) is 17.5. The quantitative estimate of drug-likeness (QED) is 0.602. The van der Waals surface area contributed by atoms with Crippen molar-refractivity contribution >= 4 is 6.09 Å². The zero-order valence-corrected chi connectivity index (χ0v) is 17.3. The molecule has 4 nitrogen and oxygen atoms in total. The van der Waals surface area contributed by atoms with E-state index in [1.54, 1.807) is 4.90 Å². The van der Waals surface area contributed by atoms with Gasteiger partial charge in [0.1, 0.15) is 0 Å². The lowest BCUT2D eigenvalue weighted by Crippen LogP contribution is -2.36. The van der Waals surface area contributed by atoms with Crippen LogP contribution in [0.2, 0.25) is 0 Å². The largest absolute Gasteiger partial charge is 0.447 e. The fourth-order valence-corrected chi connectivity index (χ4v) is 1.74. The van der Waals surface area contributed by atoms with Crippen molar-refractivity contribution in [1.29, 1.82) is 0 Å². The van der Waals surface area contributed by atoms with Gasteiger partial charge >= 0.3 is 6.09 Å². The van der Waals surface area contributed by atoms with Gasteiger partial charge in [-0.15, -0.1) is 0 Å². The van der Waals surface area contributed by atoms with Crippen LogP contribution in [0.5, 0.6) is 0 Å². The third kappa shape index (κ3) is 17.1. The summed E-state index contributed by atoms with van der Waals surface area (Å²) in [5, 5.41) is 0. The van der Waals surface area contributed by atoms with Crippen LogP contribution >= 0.6 is 0 Å². The van der Waals surface area contributed by atoms with E-state index in [4.69, 9.17) is 10.5 Å². The molecule has 0 radical (unpaired) electrons. The molecule has 0 bridgehead atoms. The van der Waals surface area contributed by atoms with Crippen molar-refractivity contribution in [2.24, 2.45) is 11.7 Å². The Morgan fingerprint density at radius 1 is 1.36 bits per heavy atom. The smallest absolute Gasteiger partial charge is 0.410 e. The molecule has 1 saturated carbocycles. The third-order valence-corrected chi connectivity index (χ3v) is 3.28. The molecule has 0 heterocycles. The van der Waals surface area contributed by atoms with E-state index >= 15 is 0 Å². The third-order valence-electron chi connectivity index (χ3n) is 3.28. The maximum absolute atomic E-state index is 11.7. The van der Waals surface area contributed by atoms with E-state index < -0.39 is 0 Å². The number of nitrogens with zero attached hydrogens (tertiary/aromatic N) is 1. The lowest BCUT2D eigenvalue weighted by molar-refractivity contribution is 0.0751. The first-order chi connectivity index (χ1) is 11.9. The molecule has 1 aliphatic rings. The van der Waals surface area contributed by atoms with Gasteiger partial charge in [0.2, 0.25) is 0 Å². The summed E-state index contributed by atoms with van der Waals surface area (Å²) in [6, 6.07) is 0. The number of ether oxygens (including phenoxy) is 1. The Morgan fingerprint density at radius 3 is 2.36 bits per heavy atom. The molecule has 4 heteroatoms. The summed E-state index contributed by atoms with van der Waals surface area (Å²) in [7, 11) is 0. The van der Waals surface area contributed by atoms with Crippen LogP contribution in [0.25, 0.3) is 0 Å². The second-order valence-electron chi connectivity index (χ2n) is 6.10. The number of rotatable bonds is 8. The van der Waals surface area contributed by atoms with Crippen LogP contribution in [-0.4, -0.2) is 36.7 Å². The molecule has 0 spiro atoms. The Balaban J connectivity index is 0. The molecule has 0 aromatic heterocycles. The zero-order valence-electron chi connectivity index (χ0n) is 17.3. The number of amides is 1. The van der Waals surface area contributed by atoms with Crippen molar-refractivity contribution in [3.63, 3.8) is 0 Å². The Morgan fingerprint density at radius 2 is 1.96 bits per heavy atom. The number of allylic oxidation sites excluding steroid dienone is 5. The molecule has 0 saturated heterocycles.